The molecule has 0 aliphatic heterocycles. The number of nitro benzene ring substituents is 2. The number of rotatable bonds is 8. The maximum absolute atomic E-state index is 11.3. The summed E-state index contributed by atoms with van der Waals surface area (Å²) in [6.07, 6.45) is 3.74. The molecule has 0 unspecified atom stereocenters. The molecule has 0 radical (unpaired) electrons. The summed E-state index contributed by atoms with van der Waals surface area (Å²) < 4.78 is 10.7. The van der Waals surface area contributed by atoms with E-state index in [0.717, 1.165) is 16.9 Å². The van der Waals surface area contributed by atoms with Gasteiger partial charge >= 0.3 is 0 Å². The molecule has 0 amide bonds. The van der Waals surface area contributed by atoms with Crippen LogP contribution in [0, 0.1) is 20.2 Å². The van der Waals surface area contributed by atoms with E-state index in [0.29, 0.717) is 11.3 Å². The number of hydrogen-bond acceptors (Lipinski definition) is 6. The summed E-state index contributed by atoms with van der Waals surface area (Å²) in [6.45, 7) is -0.0433. The minimum absolute atomic E-state index is 0.0433. The van der Waals surface area contributed by atoms with Crippen LogP contribution in [0.25, 0.3) is 12.2 Å². The van der Waals surface area contributed by atoms with Crippen molar-refractivity contribution >= 4 is 23.5 Å². The molecule has 0 aliphatic carbocycles. The van der Waals surface area contributed by atoms with Crippen molar-refractivity contribution in [1.29, 1.82) is 0 Å². The molecule has 0 aromatic heterocycles. The summed E-state index contributed by atoms with van der Waals surface area (Å²) in [4.78, 5) is 21.1. The van der Waals surface area contributed by atoms with Gasteiger partial charge in [0.1, 0.15) is 18.1 Å². The largest absolute Gasteiger partial charge is 0.497 e. The van der Waals surface area contributed by atoms with Gasteiger partial charge in [-0.1, -0.05) is 24.3 Å². The lowest BCUT2D eigenvalue weighted by Gasteiger charge is -2.08. The Bertz CT molecular complexity index is 1080. The molecule has 3 aromatic carbocycles. The molecule has 0 aliphatic rings. The number of ether oxygens (including phenoxy) is 2. The summed E-state index contributed by atoms with van der Waals surface area (Å²) in [5.41, 5.74) is 2.02. The Morgan fingerprint density at radius 1 is 0.800 bits per heavy atom. The Kier molecular flexibility index (Phi) is 6.39. The summed E-state index contributed by atoms with van der Waals surface area (Å²) in [5.74, 6) is 1.14. The van der Waals surface area contributed by atoms with E-state index in [1.165, 1.54) is 30.3 Å². The molecule has 3 aromatic rings. The van der Waals surface area contributed by atoms with Gasteiger partial charge < -0.3 is 9.47 Å². The minimum Gasteiger partial charge on any atom is -0.497 e. The first-order valence-corrected chi connectivity index (χ1v) is 8.93. The number of benzene rings is 3. The van der Waals surface area contributed by atoms with Crippen LogP contribution in [0.3, 0.4) is 0 Å². The zero-order valence-corrected chi connectivity index (χ0v) is 16.1. The maximum Gasteiger partial charge on any atom is 0.276 e. The number of nitrogens with zero attached hydrogens (tertiary/aromatic N) is 2. The topological polar surface area (TPSA) is 105 Å². The third kappa shape index (κ3) is 5.20. The summed E-state index contributed by atoms with van der Waals surface area (Å²) >= 11 is 0. The smallest absolute Gasteiger partial charge is 0.276 e. The van der Waals surface area contributed by atoms with Crippen LogP contribution in [0.4, 0.5) is 11.4 Å². The molecule has 8 heteroatoms. The van der Waals surface area contributed by atoms with Gasteiger partial charge in [-0.2, -0.15) is 0 Å². The first-order chi connectivity index (χ1) is 14.5. The molecule has 0 atom stereocenters. The molecular weight excluding hydrogens is 388 g/mol. The third-order valence-corrected chi connectivity index (χ3v) is 4.33. The summed E-state index contributed by atoms with van der Waals surface area (Å²) in [6, 6.07) is 17.8. The van der Waals surface area contributed by atoms with Gasteiger partial charge in [0.05, 0.1) is 22.5 Å². The monoisotopic (exact) mass is 406 g/mol. The van der Waals surface area contributed by atoms with Crippen LogP contribution in [-0.2, 0) is 6.61 Å². The average molecular weight is 406 g/mol. The molecule has 3 rings (SSSR count). The van der Waals surface area contributed by atoms with E-state index in [1.54, 1.807) is 19.2 Å². The van der Waals surface area contributed by atoms with Crippen molar-refractivity contribution in [3.8, 4) is 11.5 Å². The Hall–Kier alpha value is -4.20. The van der Waals surface area contributed by atoms with E-state index in [-0.39, 0.29) is 18.0 Å². The van der Waals surface area contributed by atoms with E-state index in [1.807, 2.05) is 36.4 Å². The van der Waals surface area contributed by atoms with Crippen LogP contribution in [-0.4, -0.2) is 17.0 Å². The highest BCUT2D eigenvalue weighted by molar-refractivity contribution is 5.71. The maximum atomic E-state index is 11.3. The quantitative estimate of drug-likeness (QED) is 0.287. The molecular formula is C22H18N2O6. The SMILES string of the molecule is COc1ccc(/C=C/c2ccc([N+](=O)[O-])c(COc3ccc([N+](=O)[O-])cc3)c2)cc1. The van der Waals surface area contributed by atoms with Gasteiger partial charge in [0.25, 0.3) is 11.4 Å². The third-order valence-electron chi connectivity index (χ3n) is 4.33. The van der Waals surface area contributed by atoms with Crippen LogP contribution in [0.5, 0.6) is 11.5 Å². The number of nitro groups is 2. The van der Waals surface area contributed by atoms with E-state index in [9.17, 15) is 20.2 Å². The predicted molar refractivity (Wildman–Crippen MR) is 112 cm³/mol. The standard InChI is InChI=1S/C22H18N2O6/c1-29-20-9-4-16(5-10-20)2-3-17-6-13-22(24(27)28)18(14-17)15-30-21-11-7-19(8-12-21)23(25)26/h2-14H,15H2,1H3/b3-2+. The van der Waals surface area contributed by atoms with Crippen molar-refractivity contribution < 1.29 is 19.3 Å². The minimum atomic E-state index is -0.507. The van der Waals surface area contributed by atoms with Crippen molar-refractivity contribution in [2.45, 2.75) is 6.61 Å². The highest BCUT2D eigenvalue weighted by atomic mass is 16.6. The van der Waals surface area contributed by atoms with Gasteiger partial charge in [0, 0.05) is 18.2 Å². The zero-order chi connectivity index (χ0) is 21.5. The normalized spacial score (nSPS) is 10.7. The fourth-order valence-electron chi connectivity index (χ4n) is 2.74. The van der Waals surface area contributed by atoms with Crippen molar-refractivity contribution in [3.05, 3.63) is 104 Å². The Morgan fingerprint density at radius 2 is 1.40 bits per heavy atom. The van der Waals surface area contributed by atoms with Gasteiger partial charge in [-0.3, -0.25) is 20.2 Å². The lowest BCUT2D eigenvalue weighted by molar-refractivity contribution is -0.385. The predicted octanol–water partition coefficient (Wildman–Crippen LogP) is 5.26. The molecule has 152 valence electrons. The Labute approximate surface area is 172 Å². The van der Waals surface area contributed by atoms with Crippen LogP contribution in [0.15, 0.2) is 66.7 Å². The number of hydrogen-bond donors (Lipinski definition) is 0. The zero-order valence-electron chi connectivity index (χ0n) is 16.1. The first kappa shape index (κ1) is 20.5. The molecule has 0 N–H and O–H groups in total. The van der Waals surface area contributed by atoms with E-state index >= 15 is 0 Å². The molecule has 0 saturated carbocycles. The second kappa shape index (κ2) is 9.33. The lowest BCUT2D eigenvalue weighted by Crippen LogP contribution is -2.01. The van der Waals surface area contributed by atoms with Crippen LogP contribution in [0.1, 0.15) is 16.7 Å². The van der Waals surface area contributed by atoms with Gasteiger partial charge in [-0.05, 0) is 47.5 Å². The second-order valence-electron chi connectivity index (χ2n) is 6.29. The fraction of sp³-hybridized carbons (Fsp3) is 0.0909. The number of non-ortho nitro benzene ring substituents is 1. The van der Waals surface area contributed by atoms with E-state index < -0.39 is 9.85 Å². The first-order valence-electron chi connectivity index (χ1n) is 8.93. The second-order valence-corrected chi connectivity index (χ2v) is 6.29. The molecule has 0 bridgehead atoms. The molecule has 30 heavy (non-hydrogen) atoms. The highest BCUT2D eigenvalue weighted by Gasteiger charge is 2.14. The Balaban J connectivity index is 1.77. The van der Waals surface area contributed by atoms with Crippen LogP contribution in [0.2, 0.25) is 0 Å². The fourth-order valence-corrected chi connectivity index (χ4v) is 2.74. The molecule has 0 spiro atoms. The van der Waals surface area contributed by atoms with E-state index in [4.69, 9.17) is 9.47 Å². The van der Waals surface area contributed by atoms with Crippen molar-refractivity contribution in [3.63, 3.8) is 0 Å². The van der Waals surface area contributed by atoms with Crippen molar-refractivity contribution in [2.75, 3.05) is 7.11 Å². The van der Waals surface area contributed by atoms with Crippen LogP contribution < -0.4 is 9.47 Å². The summed E-state index contributed by atoms with van der Waals surface area (Å²) in [7, 11) is 1.60. The molecule has 8 nitrogen and oxygen atoms in total. The highest BCUT2D eigenvalue weighted by Crippen LogP contribution is 2.24. The van der Waals surface area contributed by atoms with Crippen molar-refractivity contribution in [1.82, 2.24) is 0 Å². The van der Waals surface area contributed by atoms with Gasteiger partial charge in [0.15, 0.2) is 0 Å². The van der Waals surface area contributed by atoms with Gasteiger partial charge in [0.2, 0.25) is 0 Å². The van der Waals surface area contributed by atoms with Gasteiger partial charge in [-0.25, -0.2) is 0 Å². The lowest BCUT2D eigenvalue weighted by atomic mass is 10.1. The Morgan fingerprint density at radius 3 is 2.00 bits per heavy atom. The average Bonchev–Trinajstić information content (AvgIpc) is 2.76. The molecule has 0 fully saturated rings. The molecule has 0 saturated heterocycles. The van der Waals surface area contributed by atoms with E-state index in [2.05, 4.69) is 0 Å². The summed E-state index contributed by atoms with van der Waals surface area (Å²) in [5, 5.41) is 22.1. The molecule has 0 heterocycles. The van der Waals surface area contributed by atoms with Gasteiger partial charge in [-0.15, -0.1) is 0 Å². The number of methoxy groups -OCH3 is 1. The van der Waals surface area contributed by atoms with Crippen molar-refractivity contribution in [2.24, 2.45) is 0 Å². The van der Waals surface area contributed by atoms with Crippen LogP contribution >= 0.6 is 0 Å².